The Morgan fingerprint density at radius 1 is 1.19 bits per heavy atom. The van der Waals surface area contributed by atoms with Crippen LogP contribution in [0.1, 0.15) is 75.2 Å². The Bertz CT molecular complexity index is 1180. The highest BCUT2D eigenvalue weighted by Crippen LogP contribution is 2.32. The molecule has 36 heavy (non-hydrogen) atoms. The van der Waals surface area contributed by atoms with Crippen LogP contribution in [0.4, 0.5) is 0 Å². The second-order valence-corrected chi connectivity index (χ2v) is 10.6. The van der Waals surface area contributed by atoms with Crippen LogP contribution in [0, 0.1) is 5.92 Å². The van der Waals surface area contributed by atoms with E-state index in [1.807, 2.05) is 23.0 Å². The second kappa shape index (κ2) is 12.4. The molecule has 0 saturated heterocycles. The molecule has 2 aromatic carbocycles. The number of nitrogens with zero attached hydrogens (tertiary/aromatic N) is 2. The van der Waals surface area contributed by atoms with Crippen molar-refractivity contribution in [3.8, 4) is 5.75 Å². The van der Waals surface area contributed by atoms with Crippen molar-refractivity contribution in [1.82, 2.24) is 15.1 Å². The maximum atomic E-state index is 12.5. The first-order valence-corrected chi connectivity index (χ1v) is 13.1. The number of aromatic hydroxyl groups is 1. The Hall–Kier alpha value is -2.83. The fourth-order valence-electron chi connectivity index (χ4n) is 4.41. The lowest BCUT2D eigenvalue weighted by Gasteiger charge is -2.18. The van der Waals surface area contributed by atoms with Crippen molar-refractivity contribution in [3.05, 3.63) is 65.3 Å². The molecule has 0 bridgehead atoms. The Balaban J connectivity index is 1.62. The summed E-state index contributed by atoms with van der Waals surface area (Å²) in [5, 5.41) is 30.0. The summed E-state index contributed by atoms with van der Waals surface area (Å²) < 4.78 is 1.90. The smallest absolute Gasteiger partial charge is 0.162 e. The summed E-state index contributed by atoms with van der Waals surface area (Å²) in [6.07, 6.45) is 6.82. The number of aromatic nitrogens is 2. The van der Waals surface area contributed by atoms with E-state index >= 15 is 0 Å². The topological polar surface area (TPSA) is 87.4 Å². The zero-order valence-corrected chi connectivity index (χ0v) is 22.3. The first-order chi connectivity index (χ1) is 17.1. The molecular weight excluding hydrogens is 474 g/mol. The summed E-state index contributed by atoms with van der Waals surface area (Å²) in [4.78, 5) is 12.5. The highest BCUT2D eigenvalue weighted by molar-refractivity contribution is 6.30. The molecule has 0 saturated carbocycles. The fourth-order valence-corrected chi connectivity index (χ4v) is 4.54. The van der Waals surface area contributed by atoms with Crippen LogP contribution in [0.2, 0.25) is 5.02 Å². The van der Waals surface area contributed by atoms with Crippen molar-refractivity contribution in [3.63, 3.8) is 0 Å². The number of carbonyl (C=O) groups is 1. The van der Waals surface area contributed by atoms with Gasteiger partial charge in [-0.05, 0) is 81.8 Å². The number of ketones is 1. The third-order valence-electron chi connectivity index (χ3n) is 6.43. The molecule has 3 rings (SSSR count). The number of nitrogens with one attached hydrogen (secondary N) is 1. The molecule has 0 fully saturated rings. The quantitative estimate of drug-likeness (QED) is 0.213. The van der Waals surface area contributed by atoms with Crippen molar-refractivity contribution in [1.29, 1.82) is 0 Å². The van der Waals surface area contributed by atoms with E-state index in [4.69, 9.17) is 11.6 Å². The highest BCUT2D eigenvalue weighted by Gasteiger charge is 2.17. The average Bonchev–Trinajstić information content (AvgIpc) is 3.22. The summed E-state index contributed by atoms with van der Waals surface area (Å²) >= 11 is 5.92. The molecule has 0 amide bonds. The minimum atomic E-state index is -0.765. The van der Waals surface area contributed by atoms with Gasteiger partial charge in [-0.1, -0.05) is 31.5 Å². The predicted octanol–water partition coefficient (Wildman–Crippen LogP) is 6.59. The summed E-state index contributed by atoms with van der Waals surface area (Å²) in [5.41, 5.74) is 1.91. The molecule has 0 aliphatic heterocycles. The van der Waals surface area contributed by atoms with E-state index in [9.17, 15) is 15.0 Å². The van der Waals surface area contributed by atoms with E-state index in [2.05, 4.69) is 23.9 Å². The Kier molecular flexibility index (Phi) is 9.57. The number of fused-ring (bicyclic) bond motifs is 1. The van der Waals surface area contributed by atoms with Crippen LogP contribution in [0.3, 0.4) is 0 Å². The van der Waals surface area contributed by atoms with E-state index < -0.39 is 5.60 Å². The number of hydrogen-bond donors (Lipinski definition) is 3. The molecule has 194 valence electrons. The van der Waals surface area contributed by atoms with E-state index in [1.165, 1.54) is 0 Å². The largest absolute Gasteiger partial charge is 0.506 e. The van der Waals surface area contributed by atoms with Gasteiger partial charge in [0.1, 0.15) is 5.75 Å². The van der Waals surface area contributed by atoms with Gasteiger partial charge < -0.3 is 15.5 Å². The molecular formula is C29H38ClN3O3. The van der Waals surface area contributed by atoms with E-state index in [1.54, 1.807) is 38.1 Å². The van der Waals surface area contributed by atoms with Crippen LogP contribution in [-0.2, 0) is 6.54 Å². The molecule has 3 N–H and O–H groups in total. The number of hydrogen-bond acceptors (Lipinski definition) is 5. The molecule has 0 aliphatic carbocycles. The molecule has 1 heterocycles. The van der Waals surface area contributed by atoms with E-state index in [0.717, 1.165) is 37.7 Å². The Labute approximate surface area is 219 Å². The van der Waals surface area contributed by atoms with E-state index in [-0.39, 0.29) is 11.5 Å². The molecule has 3 aromatic rings. The maximum absolute atomic E-state index is 12.5. The number of aliphatic hydroxyl groups is 1. The minimum Gasteiger partial charge on any atom is -0.506 e. The van der Waals surface area contributed by atoms with Crippen LogP contribution >= 0.6 is 11.6 Å². The average molecular weight is 512 g/mol. The van der Waals surface area contributed by atoms with Gasteiger partial charge in [0.25, 0.3) is 0 Å². The lowest BCUT2D eigenvalue weighted by atomic mass is 9.95. The summed E-state index contributed by atoms with van der Waals surface area (Å²) in [7, 11) is 0. The van der Waals surface area contributed by atoms with Gasteiger partial charge in [0.05, 0.1) is 16.5 Å². The van der Waals surface area contributed by atoms with Gasteiger partial charge in [0, 0.05) is 47.6 Å². The number of carbonyl (C=O) groups excluding carboxylic acids is 1. The minimum absolute atomic E-state index is 0.139. The van der Waals surface area contributed by atoms with Crippen molar-refractivity contribution >= 4 is 34.0 Å². The standard InChI is InChI=1S/C29H38ClN3O3/c1-5-7-21(8-6-9-27(34)22-10-12-23(30)13-11-22)18-33-19-25-26(32-33)15-14-24(28(25)35)20(2)31-17-16-29(3,4)36/h10-15,19,21,31,35-36H,2,5-9,16-18H2,1,3-4H3. The van der Waals surface area contributed by atoms with Gasteiger partial charge in [-0.2, -0.15) is 5.10 Å². The fraction of sp³-hybridized carbons (Fsp3) is 0.448. The van der Waals surface area contributed by atoms with Crippen molar-refractivity contribution in [2.75, 3.05) is 6.54 Å². The lowest BCUT2D eigenvalue weighted by molar-refractivity contribution is 0.0723. The lowest BCUT2D eigenvalue weighted by Crippen LogP contribution is -2.25. The third-order valence-corrected chi connectivity index (χ3v) is 6.69. The number of halogens is 1. The van der Waals surface area contributed by atoms with Crippen LogP contribution < -0.4 is 5.32 Å². The normalized spacial score (nSPS) is 12.6. The highest BCUT2D eigenvalue weighted by atomic mass is 35.5. The summed E-state index contributed by atoms with van der Waals surface area (Å²) in [5.74, 6) is 0.683. The van der Waals surface area contributed by atoms with Gasteiger partial charge in [-0.25, -0.2) is 0 Å². The molecule has 6 nitrogen and oxygen atoms in total. The number of phenolic OH excluding ortho intramolecular Hbond substituents is 1. The Morgan fingerprint density at radius 3 is 2.58 bits per heavy atom. The van der Waals surface area contributed by atoms with Crippen molar-refractivity contribution in [2.45, 2.75) is 71.4 Å². The molecule has 0 radical (unpaired) electrons. The molecule has 1 aromatic heterocycles. The molecule has 7 heteroatoms. The Morgan fingerprint density at radius 2 is 1.92 bits per heavy atom. The van der Waals surface area contributed by atoms with Crippen LogP contribution in [-0.4, -0.2) is 37.9 Å². The van der Waals surface area contributed by atoms with Gasteiger partial charge in [-0.15, -0.1) is 0 Å². The van der Waals surface area contributed by atoms with Crippen molar-refractivity contribution < 1.29 is 15.0 Å². The summed E-state index contributed by atoms with van der Waals surface area (Å²) in [6.45, 7) is 11.0. The molecule has 0 spiro atoms. The molecule has 0 aliphatic rings. The second-order valence-electron chi connectivity index (χ2n) is 10.2. The molecule has 1 atom stereocenters. The van der Waals surface area contributed by atoms with Gasteiger partial charge in [0.15, 0.2) is 5.78 Å². The number of Topliss-reactive ketones (excluding diaryl/α,β-unsaturated/α-hetero) is 1. The zero-order chi connectivity index (χ0) is 26.3. The third kappa shape index (κ3) is 7.84. The van der Waals surface area contributed by atoms with Crippen LogP contribution in [0.15, 0.2) is 49.2 Å². The number of rotatable bonds is 14. The predicted molar refractivity (Wildman–Crippen MR) is 147 cm³/mol. The first-order valence-electron chi connectivity index (χ1n) is 12.7. The summed E-state index contributed by atoms with van der Waals surface area (Å²) in [6, 6.07) is 10.8. The van der Waals surface area contributed by atoms with Crippen LogP contribution in [0.5, 0.6) is 5.75 Å². The van der Waals surface area contributed by atoms with Gasteiger partial charge in [-0.3, -0.25) is 9.48 Å². The SMILES string of the molecule is C=C(NCCC(C)(C)O)c1ccc2nn(CC(CCC)CCCC(=O)c3ccc(Cl)cc3)cc2c1O. The van der Waals surface area contributed by atoms with Crippen LogP contribution in [0.25, 0.3) is 16.6 Å². The monoisotopic (exact) mass is 511 g/mol. The first kappa shape index (κ1) is 27.8. The van der Waals surface area contributed by atoms with E-state index in [0.29, 0.717) is 52.5 Å². The van der Waals surface area contributed by atoms with Crippen molar-refractivity contribution in [2.24, 2.45) is 5.92 Å². The maximum Gasteiger partial charge on any atom is 0.162 e. The zero-order valence-electron chi connectivity index (χ0n) is 21.6. The number of phenols is 1. The van der Waals surface area contributed by atoms with Gasteiger partial charge in [0.2, 0.25) is 0 Å². The van der Waals surface area contributed by atoms with Gasteiger partial charge >= 0.3 is 0 Å². The molecule has 1 unspecified atom stereocenters. The number of benzene rings is 2.